The highest BCUT2D eigenvalue weighted by molar-refractivity contribution is 6.31. The summed E-state index contributed by atoms with van der Waals surface area (Å²) in [5, 5.41) is 12.7. The smallest absolute Gasteiger partial charge is 0.339 e. The zero-order chi connectivity index (χ0) is 22.7. The molecule has 0 saturated carbocycles. The second kappa shape index (κ2) is 8.92. The van der Waals surface area contributed by atoms with Crippen LogP contribution < -0.4 is 5.32 Å². The average Bonchev–Trinajstić information content (AvgIpc) is 3.23. The van der Waals surface area contributed by atoms with Gasteiger partial charge in [-0.3, -0.25) is 4.79 Å². The first kappa shape index (κ1) is 21.1. The summed E-state index contributed by atoms with van der Waals surface area (Å²) in [5.41, 5.74) is 1.81. The number of nitriles is 1. The van der Waals surface area contributed by atoms with Crippen LogP contribution in [0, 0.1) is 18.3 Å². The van der Waals surface area contributed by atoms with Crippen LogP contribution in [0.2, 0.25) is 5.02 Å². The number of halogens is 1. The van der Waals surface area contributed by atoms with Crippen LogP contribution >= 0.6 is 11.6 Å². The SMILES string of the molecule is Cc1ccc(-c2cc(C(=O)OCC(=O)Nc3cc(Cl)ccc3C#N)c3ccccc3n2)o1. The molecular weight excluding hydrogens is 430 g/mol. The molecule has 0 unspecified atom stereocenters. The van der Waals surface area contributed by atoms with Crippen molar-refractivity contribution >= 4 is 40.1 Å². The van der Waals surface area contributed by atoms with E-state index in [1.165, 1.54) is 12.1 Å². The number of carbonyl (C=O) groups excluding carboxylic acids is 2. The van der Waals surface area contributed by atoms with E-state index >= 15 is 0 Å². The minimum atomic E-state index is -0.685. The summed E-state index contributed by atoms with van der Waals surface area (Å²) >= 11 is 5.93. The van der Waals surface area contributed by atoms with Crippen molar-refractivity contribution in [3.05, 3.63) is 82.6 Å². The van der Waals surface area contributed by atoms with E-state index < -0.39 is 18.5 Å². The summed E-state index contributed by atoms with van der Waals surface area (Å²) in [6, 6.07) is 18.7. The van der Waals surface area contributed by atoms with Gasteiger partial charge in [-0.1, -0.05) is 29.8 Å². The first-order valence-corrected chi connectivity index (χ1v) is 9.95. The Morgan fingerprint density at radius 1 is 1.16 bits per heavy atom. The number of hydrogen-bond acceptors (Lipinski definition) is 6. The molecule has 2 heterocycles. The molecule has 0 bridgehead atoms. The molecule has 0 fully saturated rings. The quantitative estimate of drug-likeness (QED) is 0.427. The summed E-state index contributed by atoms with van der Waals surface area (Å²) in [5.74, 6) is -0.0502. The number of para-hydroxylation sites is 1. The fourth-order valence-electron chi connectivity index (χ4n) is 3.16. The summed E-state index contributed by atoms with van der Waals surface area (Å²) in [4.78, 5) is 29.7. The molecule has 0 spiro atoms. The Morgan fingerprint density at radius 3 is 2.72 bits per heavy atom. The van der Waals surface area contributed by atoms with Crippen molar-refractivity contribution in [2.75, 3.05) is 11.9 Å². The number of carbonyl (C=O) groups is 2. The third-order valence-electron chi connectivity index (χ3n) is 4.64. The first-order valence-electron chi connectivity index (χ1n) is 9.58. The van der Waals surface area contributed by atoms with E-state index in [-0.39, 0.29) is 16.8 Å². The van der Waals surface area contributed by atoms with Crippen LogP contribution in [0.25, 0.3) is 22.4 Å². The molecule has 158 valence electrons. The van der Waals surface area contributed by atoms with Gasteiger partial charge in [0.1, 0.15) is 17.5 Å². The van der Waals surface area contributed by atoms with E-state index in [1.54, 1.807) is 42.5 Å². The van der Waals surface area contributed by atoms with Gasteiger partial charge in [-0.2, -0.15) is 5.26 Å². The lowest BCUT2D eigenvalue weighted by molar-refractivity contribution is -0.119. The molecule has 4 rings (SSSR count). The lowest BCUT2D eigenvalue weighted by Crippen LogP contribution is -2.21. The molecule has 32 heavy (non-hydrogen) atoms. The molecule has 2 aromatic carbocycles. The van der Waals surface area contributed by atoms with E-state index in [0.29, 0.717) is 33.1 Å². The number of pyridine rings is 1. The van der Waals surface area contributed by atoms with Gasteiger partial charge in [0.2, 0.25) is 0 Å². The van der Waals surface area contributed by atoms with Gasteiger partial charge in [-0.15, -0.1) is 0 Å². The predicted molar refractivity (Wildman–Crippen MR) is 119 cm³/mol. The van der Waals surface area contributed by atoms with Crippen molar-refractivity contribution in [1.29, 1.82) is 5.26 Å². The van der Waals surface area contributed by atoms with Crippen LogP contribution in [-0.2, 0) is 9.53 Å². The van der Waals surface area contributed by atoms with Gasteiger partial charge in [0.25, 0.3) is 5.91 Å². The fourth-order valence-corrected chi connectivity index (χ4v) is 3.33. The predicted octanol–water partition coefficient (Wildman–Crippen LogP) is 5.12. The maximum absolute atomic E-state index is 12.8. The molecule has 0 saturated heterocycles. The number of aromatic nitrogens is 1. The Morgan fingerprint density at radius 2 is 1.97 bits per heavy atom. The van der Waals surface area contributed by atoms with Gasteiger partial charge in [0, 0.05) is 10.4 Å². The third-order valence-corrected chi connectivity index (χ3v) is 4.87. The number of hydrogen-bond donors (Lipinski definition) is 1. The molecule has 1 N–H and O–H groups in total. The van der Waals surface area contributed by atoms with Crippen molar-refractivity contribution in [1.82, 2.24) is 4.98 Å². The van der Waals surface area contributed by atoms with E-state index in [2.05, 4.69) is 10.3 Å². The third kappa shape index (κ3) is 4.46. The van der Waals surface area contributed by atoms with Crippen molar-refractivity contribution < 1.29 is 18.7 Å². The van der Waals surface area contributed by atoms with Crippen LogP contribution in [0.15, 0.2) is 65.1 Å². The Bertz CT molecular complexity index is 1390. The van der Waals surface area contributed by atoms with E-state index in [9.17, 15) is 9.59 Å². The number of amides is 1. The molecule has 0 aliphatic rings. The molecule has 1 amide bonds. The average molecular weight is 446 g/mol. The number of aryl methyl sites for hydroxylation is 1. The highest BCUT2D eigenvalue weighted by Gasteiger charge is 2.18. The highest BCUT2D eigenvalue weighted by atomic mass is 35.5. The van der Waals surface area contributed by atoms with Gasteiger partial charge in [0.05, 0.1) is 22.3 Å². The minimum Gasteiger partial charge on any atom is -0.460 e. The number of fused-ring (bicyclic) bond motifs is 1. The zero-order valence-electron chi connectivity index (χ0n) is 16.9. The molecular formula is C24H16ClN3O4. The van der Waals surface area contributed by atoms with E-state index in [0.717, 1.165) is 0 Å². The largest absolute Gasteiger partial charge is 0.460 e. The van der Waals surface area contributed by atoms with E-state index in [1.807, 2.05) is 19.1 Å². The first-order chi connectivity index (χ1) is 15.4. The maximum Gasteiger partial charge on any atom is 0.339 e. The van der Waals surface area contributed by atoms with Gasteiger partial charge < -0.3 is 14.5 Å². The number of rotatable bonds is 5. The lowest BCUT2D eigenvalue weighted by atomic mass is 10.1. The number of anilines is 1. The number of nitrogens with zero attached hydrogens (tertiary/aromatic N) is 2. The molecule has 0 atom stereocenters. The number of ether oxygens (including phenoxy) is 1. The summed E-state index contributed by atoms with van der Waals surface area (Å²) in [7, 11) is 0. The molecule has 2 aromatic heterocycles. The highest BCUT2D eigenvalue weighted by Crippen LogP contribution is 2.27. The van der Waals surface area contributed by atoms with Crippen LogP contribution in [0.5, 0.6) is 0 Å². The maximum atomic E-state index is 12.8. The summed E-state index contributed by atoms with van der Waals surface area (Å²) < 4.78 is 10.9. The summed E-state index contributed by atoms with van der Waals surface area (Å²) in [6.07, 6.45) is 0. The van der Waals surface area contributed by atoms with Gasteiger partial charge in [-0.25, -0.2) is 9.78 Å². The topological polar surface area (TPSA) is 105 Å². The lowest BCUT2D eigenvalue weighted by Gasteiger charge is -2.10. The second-order valence-electron chi connectivity index (χ2n) is 6.91. The monoisotopic (exact) mass is 445 g/mol. The molecule has 7 nitrogen and oxygen atoms in total. The Balaban J connectivity index is 1.56. The summed E-state index contributed by atoms with van der Waals surface area (Å²) in [6.45, 7) is 1.28. The minimum absolute atomic E-state index is 0.242. The number of benzene rings is 2. The second-order valence-corrected chi connectivity index (χ2v) is 7.34. The molecule has 0 radical (unpaired) electrons. The van der Waals surface area contributed by atoms with Crippen LogP contribution in [0.4, 0.5) is 5.69 Å². The number of nitrogens with one attached hydrogen (secondary N) is 1. The van der Waals surface area contributed by atoms with Gasteiger partial charge in [0.15, 0.2) is 12.4 Å². The number of furan rings is 1. The molecule has 0 aliphatic carbocycles. The number of esters is 1. The van der Waals surface area contributed by atoms with Gasteiger partial charge >= 0.3 is 5.97 Å². The van der Waals surface area contributed by atoms with Crippen molar-refractivity contribution in [3.63, 3.8) is 0 Å². The standard InChI is InChI=1S/C24H16ClN3O4/c1-14-6-9-22(32-14)21-11-18(17-4-2-3-5-19(17)27-21)24(30)31-13-23(29)28-20-10-16(25)8-7-15(20)12-26/h2-11H,13H2,1H3,(H,28,29). The Hall–Kier alpha value is -4.15. The van der Waals surface area contributed by atoms with Gasteiger partial charge in [-0.05, 0) is 49.4 Å². The van der Waals surface area contributed by atoms with Crippen molar-refractivity contribution in [2.45, 2.75) is 6.92 Å². The Labute approximate surface area is 188 Å². The normalized spacial score (nSPS) is 10.5. The molecule has 8 heteroatoms. The molecule has 0 aliphatic heterocycles. The van der Waals surface area contributed by atoms with E-state index in [4.69, 9.17) is 26.0 Å². The fraction of sp³-hybridized carbons (Fsp3) is 0.0833. The van der Waals surface area contributed by atoms with Crippen LogP contribution in [0.3, 0.4) is 0 Å². The zero-order valence-corrected chi connectivity index (χ0v) is 17.6. The van der Waals surface area contributed by atoms with Crippen LogP contribution in [-0.4, -0.2) is 23.5 Å². The Kier molecular flexibility index (Phi) is 5.88. The molecule has 4 aromatic rings. The van der Waals surface area contributed by atoms with Crippen molar-refractivity contribution in [3.8, 4) is 17.5 Å². The van der Waals surface area contributed by atoms with Crippen molar-refractivity contribution in [2.24, 2.45) is 0 Å². The van der Waals surface area contributed by atoms with Crippen LogP contribution in [0.1, 0.15) is 21.7 Å².